The molecule has 1 fully saturated rings. The Labute approximate surface area is 79.7 Å². The quantitative estimate of drug-likeness (QED) is 0.588. The van der Waals surface area contributed by atoms with Crippen molar-refractivity contribution in [3.05, 3.63) is 0 Å². The normalized spacial score (nSPS) is 19.9. The van der Waals surface area contributed by atoms with E-state index in [1.54, 1.807) is 7.05 Å². The number of aliphatic carboxylic acids is 1. The predicted molar refractivity (Wildman–Crippen MR) is 52.9 cm³/mol. The van der Waals surface area contributed by atoms with Gasteiger partial charge in [-0.05, 0) is 33.0 Å². The summed E-state index contributed by atoms with van der Waals surface area (Å²) in [6.45, 7) is 5.57. The largest absolute Gasteiger partial charge is 0.480 e. The highest BCUT2D eigenvalue weighted by molar-refractivity contribution is 5.78. The van der Waals surface area contributed by atoms with Crippen molar-refractivity contribution in [3.8, 4) is 0 Å². The molecule has 13 heavy (non-hydrogen) atoms. The Kier molecular flexibility index (Phi) is 5.66. The number of carboxylic acid groups (broad SMARTS) is 1. The van der Waals surface area contributed by atoms with Crippen molar-refractivity contribution >= 4 is 5.97 Å². The maximum atomic E-state index is 10.8. The number of likely N-dealkylation sites (N-methyl/N-ethyl adjacent to an activating group) is 1. The lowest BCUT2D eigenvalue weighted by Gasteiger charge is -2.32. The van der Waals surface area contributed by atoms with E-state index in [0.717, 1.165) is 13.1 Å². The van der Waals surface area contributed by atoms with Gasteiger partial charge < -0.3 is 15.7 Å². The van der Waals surface area contributed by atoms with E-state index in [9.17, 15) is 4.79 Å². The first kappa shape index (κ1) is 12.4. The van der Waals surface area contributed by atoms with E-state index in [4.69, 9.17) is 5.11 Å². The first-order chi connectivity index (χ1) is 6.21. The molecule has 1 rings (SSSR count). The van der Waals surface area contributed by atoms with Crippen molar-refractivity contribution in [2.75, 3.05) is 20.1 Å². The van der Waals surface area contributed by atoms with Crippen LogP contribution in [0.4, 0.5) is 0 Å². The Balaban J connectivity index is 0.000000671. The number of hydrogen-bond acceptors (Lipinski definition) is 3. The summed E-state index contributed by atoms with van der Waals surface area (Å²) in [5.74, 6) is -0.735. The van der Waals surface area contributed by atoms with Gasteiger partial charge in [0.25, 0.3) is 0 Å². The summed E-state index contributed by atoms with van der Waals surface area (Å²) >= 11 is 0. The molecule has 4 nitrogen and oxygen atoms in total. The summed E-state index contributed by atoms with van der Waals surface area (Å²) in [6.07, 6.45) is 1.33. The summed E-state index contributed by atoms with van der Waals surface area (Å²) in [4.78, 5) is 10.8. The minimum atomic E-state index is -0.735. The molecule has 0 unspecified atom stereocenters. The SMILES string of the molecule is CC.CNC1(C(=O)O)CCNCC1. The third-order valence-corrected chi connectivity index (χ3v) is 2.35. The molecule has 0 radical (unpaired) electrons. The molecule has 78 valence electrons. The molecule has 0 aliphatic carbocycles. The van der Waals surface area contributed by atoms with E-state index >= 15 is 0 Å². The van der Waals surface area contributed by atoms with Crippen LogP contribution in [0.25, 0.3) is 0 Å². The van der Waals surface area contributed by atoms with Crippen LogP contribution in [0.2, 0.25) is 0 Å². The molecule has 3 N–H and O–H groups in total. The van der Waals surface area contributed by atoms with Crippen LogP contribution < -0.4 is 10.6 Å². The van der Waals surface area contributed by atoms with Crippen molar-refractivity contribution < 1.29 is 9.90 Å². The maximum absolute atomic E-state index is 10.8. The molecular weight excluding hydrogens is 168 g/mol. The van der Waals surface area contributed by atoms with Crippen LogP contribution in [0.5, 0.6) is 0 Å². The van der Waals surface area contributed by atoms with Crippen molar-refractivity contribution in [1.29, 1.82) is 0 Å². The molecule has 0 saturated carbocycles. The fourth-order valence-corrected chi connectivity index (χ4v) is 1.42. The smallest absolute Gasteiger partial charge is 0.323 e. The second kappa shape index (κ2) is 5.94. The monoisotopic (exact) mass is 188 g/mol. The molecular formula is C9H20N2O2. The second-order valence-electron chi connectivity index (χ2n) is 2.89. The molecule has 1 saturated heterocycles. The fourth-order valence-electron chi connectivity index (χ4n) is 1.42. The van der Waals surface area contributed by atoms with Gasteiger partial charge in [0.05, 0.1) is 0 Å². The number of carbonyl (C=O) groups is 1. The summed E-state index contributed by atoms with van der Waals surface area (Å²) in [5.41, 5.74) is -0.675. The lowest BCUT2D eigenvalue weighted by Crippen LogP contribution is -2.56. The second-order valence-corrected chi connectivity index (χ2v) is 2.89. The van der Waals surface area contributed by atoms with Crippen LogP contribution in [-0.4, -0.2) is 36.8 Å². The highest BCUT2D eigenvalue weighted by Crippen LogP contribution is 2.17. The van der Waals surface area contributed by atoms with E-state index in [0.29, 0.717) is 12.8 Å². The lowest BCUT2D eigenvalue weighted by molar-refractivity contribution is -0.145. The van der Waals surface area contributed by atoms with E-state index in [-0.39, 0.29) is 0 Å². The number of nitrogens with one attached hydrogen (secondary N) is 2. The van der Waals surface area contributed by atoms with Gasteiger partial charge in [0, 0.05) is 0 Å². The van der Waals surface area contributed by atoms with Gasteiger partial charge in [-0.25, -0.2) is 0 Å². The molecule has 0 bridgehead atoms. The fraction of sp³-hybridized carbons (Fsp3) is 0.889. The molecule has 0 spiro atoms. The Morgan fingerprint density at radius 2 is 1.85 bits per heavy atom. The van der Waals surface area contributed by atoms with E-state index in [1.807, 2.05) is 13.8 Å². The van der Waals surface area contributed by atoms with Crippen molar-refractivity contribution in [2.45, 2.75) is 32.2 Å². The molecule has 0 amide bonds. The van der Waals surface area contributed by atoms with Gasteiger partial charge in [-0.1, -0.05) is 13.8 Å². The minimum Gasteiger partial charge on any atom is -0.480 e. The first-order valence-electron chi connectivity index (χ1n) is 4.84. The highest BCUT2D eigenvalue weighted by atomic mass is 16.4. The third-order valence-electron chi connectivity index (χ3n) is 2.35. The van der Waals surface area contributed by atoms with Crippen LogP contribution in [-0.2, 0) is 4.79 Å². The van der Waals surface area contributed by atoms with Gasteiger partial charge >= 0.3 is 5.97 Å². The topological polar surface area (TPSA) is 61.4 Å². The Morgan fingerprint density at radius 3 is 2.08 bits per heavy atom. The standard InChI is InChI=1S/C7H14N2O2.C2H6/c1-8-7(6(10)11)2-4-9-5-3-7;1-2/h8-9H,2-5H2,1H3,(H,10,11);1-2H3. The van der Waals surface area contributed by atoms with Crippen LogP contribution in [0.3, 0.4) is 0 Å². The van der Waals surface area contributed by atoms with Crippen LogP contribution in [0.1, 0.15) is 26.7 Å². The molecule has 1 aliphatic rings. The van der Waals surface area contributed by atoms with Gasteiger partial charge in [0.15, 0.2) is 0 Å². The predicted octanol–water partition coefficient (Wildman–Crippen LogP) is 0.439. The van der Waals surface area contributed by atoms with Crippen molar-refractivity contribution in [3.63, 3.8) is 0 Å². The summed E-state index contributed by atoms with van der Waals surface area (Å²) in [7, 11) is 1.71. The number of carboxylic acids is 1. The lowest BCUT2D eigenvalue weighted by atomic mass is 9.89. The van der Waals surface area contributed by atoms with E-state index in [1.165, 1.54) is 0 Å². The summed E-state index contributed by atoms with van der Waals surface area (Å²) < 4.78 is 0. The molecule has 4 heteroatoms. The van der Waals surface area contributed by atoms with E-state index < -0.39 is 11.5 Å². The molecule has 0 atom stereocenters. The van der Waals surface area contributed by atoms with Gasteiger partial charge in [-0.2, -0.15) is 0 Å². The van der Waals surface area contributed by atoms with Gasteiger partial charge in [0.1, 0.15) is 5.54 Å². The Hall–Kier alpha value is -0.610. The molecule has 0 aromatic rings. The van der Waals surface area contributed by atoms with Crippen LogP contribution >= 0.6 is 0 Å². The average molecular weight is 188 g/mol. The van der Waals surface area contributed by atoms with Crippen molar-refractivity contribution in [1.82, 2.24) is 10.6 Å². The Morgan fingerprint density at radius 1 is 1.38 bits per heavy atom. The molecule has 1 heterocycles. The Bertz CT molecular complexity index is 154. The maximum Gasteiger partial charge on any atom is 0.323 e. The molecule has 1 aliphatic heterocycles. The average Bonchev–Trinajstić information content (AvgIpc) is 2.21. The summed E-state index contributed by atoms with van der Waals surface area (Å²) in [6, 6.07) is 0. The van der Waals surface area contributed by atoms with Gasteiger partial charge in [0.2, 0.25) is 0 Å². The zero-order valence-electron chi connectivity index (χ0n) is 8.68. The van der Waals surface area contributed by atoms with Crippen molar-refractivity contribution in [2.24, 2.45) is 0 Å². The zero-order valence-corrected chi connectivity index (χ0v) is 8.68. The molecule has 0 aromatic carbocycles. The molecule has 0 aromatic heterocycles. The third kappa shape index (κ3) is 2.97. The van der Waals surface area contributed by atoms with Crippen LogP contribution in [0.15, 0.2) is 0 Å². The number of hydrogen-bond donors (Lipinski definition) is 3. The number of piperidine rings is 1. The summed E-state index contributed by atoms with van der Waals surface area (Å²) in [5, 5.41) is 14.9. The highest BCUT2D eigenvalue weighted by Gasteiger charge is 2.37. The number of rotatable bonds is 2. The zero-order chi connectivity index (χ0) is 10.3. The first-order valence-corrected chi connectivity index (χ1v) is 4.84. The van der Waals surface area contributed by atoms with Gasteiger partial charge in [-0.3, -0.25) is 4.79 Å². The minimum absolute atomic E-state index is 0.666. The van der Waals surface area contributed by atoms with Crippen LogP contribution in [0, 0.1) is 0 Å². The van der Waals surface area contributed by atoms with E-state index in [2.05, 4.69) is 10.6 Å². The van der Waals surface area contributed by atoms with Gasteiger partial charge in [-0.15, -0.1) is 0 Å².